The average Bonchev–Trinajstić information content (AvgIpc) is 3.41. The lowest BCUT2D eigenvalue weighted by Crippen LogP contribution is -2.37. The summed E-state index contributed by atoms with van der Waals surface area (Å²) in [5.41, 5.74) is 2.05. The molecule has 37 heavy (non-hydrogen) atoms. The van der Waals surface area contributed by atoms with Crippen molar-refractivity contribution < 1.29 is 23.7 Å². The fourth-order valence-corrected chi connectivity index (χ4v) is 5.19. The van der Waals surface area contributed by atoms with Gasteiger partial charge in [0.2, 0.25) is 11.8 Å². The van der Waals surface area contributed by atoms with Gasteiger partial charge in [-0.1, -0.05) is 13.0 Å². The van der Waals surface area contributed by atoms with Gasteiger partial charge in [0.15, 0.2) is 0 Å². The second-order valence-corrected chi connectivity index (χ2v) is 9.68. The van der Waals surface area contributed by atoms with Crippen molar-refractivity contribution >= 4 is 11.6 Å². The van der Waals surface area contributed by atoms with Crippen molar-refractivity contribution in [2.45, 2.75) is 38.7 Å². The number of rotatable bonds is 6. The Morgan fingerprint density at radius 2 is 2.11 bits per heavy atom. The number of hydrogen-bond donors (Lipinski definition) is 0. The third-order valence-electron chi connectivity index (χ3n) is 7.22. The number of nitriles is 1. The summed E-state index contributed by atoms with van der Waals surface area (Å²) in [6.45, 7) is 4.77. The molecule has 1 amide bonds. The standard InChI is InChI=1S/C28H32N4O5/c1-19-4-3-5-24(37-23-6-9-32(17-23)28(33)20-7-11-35-12-8-20)26(19)25-18-31(10-13-36-25)22-14-21(15-29)27(34-2)30-16-22/h3,5,10,13-14,16,18-20,23H,4,6-9,11-12,17H2,1-2H3/t19?,23-/m0/s1. The van der Waals surface area contributed by atoms with Gasteiger partial charge < -0.3 is 28.7 Å². The fourth-order valence-electron chi connectivity index (χ4n) is 5.19. The fraction of sp³-hybridized carbons (Fsp3) is 0.464. The number of nitrogens with zero attached hydrogens (tertiary/aromatic N) is 4. The van der Waals surface area contributed by atoms with E-state index in [9.17, 15) is 10.1 Å². The Bertz CT molecular complexity index is 1190. The molecule has 0 bridgehead atoms. The number of hydrogen-bond acceptors (Lipinski definition) is 8. The van der Waals surface area contributed by atoms with E-state index in [1.807, 2.05) is 22.1 Å². The topological polar surface area (TPSA) is 97.2 Å². The maximum Gasteiger partial charge on any atom is 0.231 e. The molecule has 2 saturated heterocycles. The molecule has 0 spiro atoms. The van der Waals surface area contributed by atoms with Crippen LogP contribution in [-0.2, 0) is 19.0 Å². The molecule has 0 radical (unpaired) electrons. The van der Waals surface area contributed by atoms with Gasteiger partial charge in [0.05, 0.1) is 31.7 Å². The van der Waals surface area contributed by atoms with Gasteiger partial charge in [0, 0.05) is 43.9 Å². The van der Waals surface area contributed by atoms with Crippen LogP contribution < -0.4 is 9.64 Å². The van der Waals surface area contributed by atoms with Crippen molar-refractivity contribution in [3.8, 4) is 11.9 Å². The molecule has 2 atom stereocenters. The summed E-state index contributed by atoms with van der Waals surface area (Å²) in [6, 6.07) is 3.85. The van der Waals surface area contributed by atoms with E-state index in [-0.39, 0.29) is 29.7 Å². The first-order valence-electron chi connectivity index (χ1n) is 12.8. The number of amides is 1. The van der Waals surface area contributed by atoms with E-state index in [1.54, 1.807) is 24.7 Å². The summed E-state index contributed by atoms with van der Waals surface area (Å²) in [5, 5.41) is 9.45. The molecule has 194 valence electrons. The maximum atomic E-state index is 13.0. The van der Waals surface area contributed by atoms with Crippen molar-refractivity contribution in [3.05, 3.63) is 65.7 Å². The predicted molar refractivity (Wildman–Crippen MR) is 136 cm³/mol. The van der Waals surface area contributed by atoms with E-state index in [4.69, 9.17) is 18.9 Å². The largest absolute Gasteiger partial charge is 0.488 e. The second-order valence-electron chi connectivity index (χ2n) is 9.68. The van der Waals surface area contributed by atoms with Crippen molar-refractivity contribution in [2.75, 3.05) is 38.3 Å². The summed E-state index contributed by atoms with van der Waals surface area (Å²) in [5.74, 6) is 2.21. The highest BCUT2D eigenvalue weighted by molar-refractivity contribution is 5.79. The summed E-state index contributed by atoms with van der Waals surface area (Å²) in [6.07, 6.45) is 14.3. The molecule has 9 nitrogen and oxygen atoms in total. The van der Waals surface area contributed by atoms with Gasteiger partial charge in [0.1, 0.15) is 35.5 Å². The van der Waals surface area contributed by atoms with E-state index < -0.39 is 0 Å². The summed E-state index contributed by atoms with van der Waals surface area (Å²) in [4.78, 5) is 21.0. The molecule has 2 fully saturated rings. The van der Waals surface area contributed by atoms with Crippen LogP contribution in [0.25, 0.3) is 0 Å². The van der Waals surface area contributed by atoms with Crippen molar-refractivity contribution in [1.82, 2.24) is 9.88 Å². The third-order valence-corrected chi connectivity index (χ3v) is 7.22. The number of anilines is 1. The van der Waals surface area contributed by atoms with E-state index in [0.717, 1.165) is 42.7 Å². The SMILES string of the molecule is COc1ncc(N2C=COC(C3=C(O[C@H]4CCN(C(=O)C5CCOCC5)C4)C=CCC3C)=C2)cc1C#N. The van der Waals surface area contributed by atoms with Gasteiger partial charge in [-0.05, 0) is 37.3 Å². The minimum Gasteiger partial charge on any atom is -0.488 e. The number of methoxy groups -OCH3 is 1. The Balaban J connectivity index is 1.34. The normalized spacial score (nSPS) is 24.0. The highest BCUT2D eigenvalue weighted by Crippen LogP contribution is 2.36. The minimum absolute atomic E-state index is 0.0597. The van der Waals surface area contributed by atoms with Gasteiger partial charge in [0.25, 0.3) is 0 Å². The van der Waals surface area contributed by atoms with Crippen LogP contribution in [0, 0.1) is 23.2 Å². The predicted octanol–water partition coefficient (Wildman–Crippen LogP) is 4.01. The Hall–Kier alpha value is -3.77. The lowest BCUT2D eigenvalue weighted by atomic mass is 9.90. The molecule has 4 heterocycles. The Morgan fingerprint density at radius 1 is 1.27 bits per heavy atom. The average molecular weight is 505 g/mol. The molecule has 1 unspecified atom stereocenters. The summed E-state index contributed by atoms with van der Waals surface area (Å²) in [7, 11) is 1.49. The highest BCUT2D eigenvalue weighted by Gasteiger charge is 2.34. The van der Waals surface area contributed by atoms with Crippen LogP contribution in [0.5, 0.6) is 5.88 Å². The number of carbonyl (C=O) groups is 1. The number of aromatic nitrogens is 1. The van der Waals surface area contributed by atoms with Crippen LogP contribution in [0.1, 0.15) is 38.2 Å². The minimum atomic E-state index is -0.0662. The smallest absolute Gasteiger partial charge is 0.231 e. The monoisotopic (exact) mass is 504 g/mol. The van der Waals surface area contributed by atoms with Gasteiger partial charge in [-0.25, -0.2) is 4.98 Å². The van der Waals surface area contributed by atoms with E-state index >= 15 is 0 Å². The molecule has 1 aromatic heterocycles. The first-order chi connectivity index (χ1) is 18.1. The Labute approximate surface area is 217 Å². The van der Waals surface area contributed by atoms with Crippen LogP contribution in [0.3, 0.4) is 0 Å². The number of carbonyl (C=O) groups excluding carboxylic acids is 1. The van der Waals surface area contributed by atoms with Gasteiger partial charge in [-0.3, -0.25) is 4.79 Å². The van der Waals surface area contributed by atoms with E-state index in [1.165, 1.54) is 7.11 Å². The van der Waals surface area contributed by atoms with Gasteiger partial charge >= 0.3 is 0 Å². The van der Waals surface area contributed by atoms with Crippen LogP contribution in [0.4, 0.5) is 5.69 Å². The second kappa shape index (κ2) is 11.1. The van der Waals surface area contributed by atoms with Crippen molar-refractivity contribution in [3.63, 3.8) is 0 Å². The molecule has 5 rings (SSSR count). The van der Waals surface area contributed by atoms with Crippen LogP contribution in [-0.4, -0.2) is 55.3 Å². The first kappa shape index (κ1) is 24.9. The van der Waals surface area contributed by atoms with Gasteiger partial charge in [-0.2, -0.15) is 5.26 Å². The molecule has 0 saturated carbocycles. The summed E-state index contributed by atoms with van der Waals surface area (Å²) >= 11 is 0. The molecule has 0 aromatic carbocycles. The highest BCUT2D eigenvalue weighted by atomic mass is 16.5. The zero-order valence-corrected chi connectivity index (χ0v) is 21.3. The van der Waals surface area contributed by atoms with E-state index in [2.05, 4.69) is 24.1 Å². The van der Waals surface area contributed by atoms with Crippen LogP contribution >= 0.6 is 0 Å². The Morgan fingerprint density at radius 3 is 2.89 bits per heavy atom. The van der Waals surface area contributed by atoms with Gasteiger partial charge in [-0.15, -0.1) is 0 Å². The van der Waals surface area contributed by atoms with E-state index in [0.29, 0.717) is 37.6 Å². The molecular weight excluding hydrogens is 472 g/mol. The Kier molecular flexibility index (Phi) is 7.47. The molecule has 3 aliphatic heterocycles. The number of likely N-dealkylation sites (tertiary alicyclic amines) is 1. The zero-order chi connectivity index (χ0) is 25.8. The van der Waals surface area contributed by atoms with Crippen molar-refractivity contribution in [1.29, 1.82) is 5.26 Å². The lowest BCUT2D eigenvalue weighted by molar-refractivity contribution is -0.137. The molecule has 9 heteroatoms. The van der Waals surface area contributed by atoms with Crippen LogP contribution in [0.2, 0.25) is 0 Å². The molecule has 0 N–H and O–H groups in total. The van der Waals surface area contributed by atoms with Crippen LogP contribution in [0.15, 0.2) is 60.2 Å². The maximum absolute atomic E-state index is 13.0. The molecule has 1 aromatic rings. The molecular formula is C28H32N4O5. The lowest BCUT2D eigenvalue weighted by Gasteiger charge is -2.29. The molecule has 1 aliphatic carbocycles. The summed E-state index contributed by atoms with van der Waals surface area (Å²) < 4.78 is 23.0. The quantitative estimate of drug-likeness (QED) is 0.573. The number of allylic oxidation sites excluding steroid dienone is 3. The third kappa shape index (κ3) is 5.35. The van der Waals surface area contributed by atoms with Crippen molar-refractivity contribution in [2.24, 2.45) is 11.8 Å². The first-order valence-corrected chi connectivity index (χ1v) is 12.8. The molecule has 4 aliphatic rings. The number of pyridine rings is 1. The zero-order valence-electron chi connectivity index (χ0n) is 21.3. The number of ether oxygens (including phenoxy) is 4.